The predicted octanol–water partition coefficient (Wildman–Crippen LogP) is 2.08. The van der Waals surface area contributed by atoms with Crippen LogP contribution >= 0.6 is 0 Å². The lowest BCUT2D eigenvalue weighted by molar-refractivity contribution is -0.127. The fourth-order valence-electron chi connectivity index (χ4n) is 3.92. The third-order valence-electron chi connectivity index (χ3n) is 5.56. The van der Waals surface area contributed by atoms with Crippen LogP contribution in [0.25, 0.3) is 0 Å². The van der Waals surface area contributed by atoms with E-state index in [9.17, 15) is 18.6 Å². The average Bonchev–Trinajstić information content (AvgIpc) is 3.19. The summed E-state index contributed by atoms with van der Waals surface area (Å²) >= 11 is 0. The SMILES string of the molecule is O=C(NCCCN1CCCC1=O)c1ccc2c(c1)N(Cc1ccccc1)C(=O)CS2=O. The third-order valence-corrected chi connectivity index (χ3v) is 6.90. The minimum atomic E-state index is -1.42. The van der Waals surface area contributed by atoms with Gasteiger partial charge in [0.1, 0.15) is 5.75 Å². The number of carbonyl (C=O) groups excluding carboxylic acids is 3. The number of hydrogen-bond acceptors (Lipinski definition) is 4. The van der Waals surface area contributed by atoms with E-state index in [-0.39, 0.29) is 23.5 Å². The Hall–Kier alpha value is -3.00. The van der Waals surface area contributed by atoms with Gasteiger partial charge in [0.15, 0.2) is 0 Å². The van der Waals surface area contributed by atoms with Gasteiger partial charge in [0.05, 0.1) is 27.9 Å². The number of rotatable bonds is 7. The van der Waals surface area contributed by atoms with Gasteiger partial charge >= 0.3 is 0 Å². The summed E-state index contributed by atoms with van der Waals surface area (Å²) < 4.78 is 12.5. The van der Waals surface area contributed by atoms with Crippen LogP contribution in [0.3, 0.4) is 0 Å². The summed E-state index contributed by atoms with van der Waals surface area (Å²) in [6.07, 6.45) is 2.20. The highest BCUT2D eigenvalue weighted by Gasteiger charge is 2.30. The molecule has 2 aromatic carbocycles. The summed E-state index contributed by atoms with van der Waals surface area (Å²) in [5.74, 6) is -0.348. The summed E-state index contributed by atoms with van der Waals surface area (Å²) in [5, 5.41) is 2.88. The Bertz CT molecular complexity index is 1020. The Morgan fingerprint density at radius 1 is 1.06 bits per heavy atom. The van der Waals surface area contributed by atoms with E-state index in [0.717, 1.165) is 18.5 Å². The first kappa shape index (κ1) is 21.2. The van der Waals surface area contributed by atoms with Crippen molar-refractivity contribution in [3.05, 3.63) is 59.7 Å². The van der Waals surface area contributed by atoms with Gasteiger partial charge in [-0.25, -0.2) is 0 Å². The Balaban J connectivity index is 1.45. The minimum absolute atomic E-state index is 0.0550. The standard InChI is InChI=1S/C23H25N3O4S/c27-21-8-4-12-25(21)13-5-11-24-23(29)18-9-10-20-19(14-18)26(22(28)16-31(20)30)15-17-6-2-1-3-7-17/h1-3,6-7,9-10,14H,4-5,8,11-13,15-16H2,(H,24,29). The Morgan fingerprint density at radius 3 is 2.61 bits per heavy atom. The molecule has 0 saturated carbocycles. The van der Waals surface area contributed by atoms with Crippen LogP contribution in [0.15, 0.2) is 53.4 Å². The number of anilines is 1. The van der Waals surface area contributed by atoms with Crippen LogP contribution in [0, 0.1) is 0 Å². The van der Waals surface area contributed by atoms with Gasteiger partial charge in [-0.3, -0.25) is 18.6 Å². The number of nitrogens with zero attached hydrogens (tertiary/aromatic N) is 2. The van der Waals surface area contributed by atoms with Crippen LogP contribution in [0.1, 0.15) is 35.2 Å². The summed E-state index contributed by atoms with van der Waals surface area (Å²) in [6.45, 7) is 2.25. The molecule has 1 unspecified atom stereocenters. The highest BCUT2D eigenvalue weighted by atomic mass is 32.2. The maximum atomic E-state index is 12.6. The van der Waals surface area contributed by atoms with Gasteiger partial charge in [0.2, 0.25) is 11.8 Å². The monoisotopic (exact) mass is 439 g/mol. The van der Waals surface area contributed by atoms with Crippen LogP contribution in [-0.4, -0.2) is 52.2 Å². The first-order chi connectivity index (χ1) is 15.0. The first-order valence-electron chi connectivity index (χ1n) is 10.5. The highest BCUT2D eigenvalue weighted by Crippen LogP contribution is 2.31. The third kappa shape index (κ3) is 4.85. The molecule has 8 heteroatoms. The number of carbonyl (C=O) groups is 3. The van der Waals surface area contributed by atoms with Gasteiger partial charge in [-0.15, -0.1) is 0 Å². The highest BCUT2D eigenvalue weighted by molar-refractivity contribution is 7.86. The lowest BCUT2D eigenvalue weighted by Crippen LogP contribution is -2.38. The second-order valence-corrected chi connectivity index (χ2v) is 9.15. The van der Waals surface area contributed by atoms with Gasteiger partial charge < -0.3 is 15.1 Å². The second-order valence-electron chi connectivity index (χ2n) is 7.73. The van der Waals surface area contributed by atoms with Crippen molar-refractivity contribution in [2.75, 3.05) is 30.3 Å². The second kappa shape index (κ2) is 9.43. The van der Waals surface area contributed by atoms with Crippen molar-refractivity contribution < 1.29 is 18.6 Å². The zero-order valence-corrected chi connectivity index (χ0v) is 18.0. The molecule has 2 heterocycles. The molecule has 1 N–H and O–H groups in total. The van der Waals surface area contributed by atoms with Gasteiger partial charge in [-0.1, -0.05) is 30.3 Å². The quantitative estimate of drug-likeness (QED) is 0.670. The van der Waals surface area contributed by atoms with Crippen LogP contribution in [-0.2, 0) is 26.9 Å². The van der Waals surface area contributed by atoms with Crippen molar-refractivity contribution in [3.8, 4) is 0 Å². The molecule has 31 heavy (non-hydrogen) atoms. The van der Waals surface area contributed by atoms with Gasteiger partial charge in [0.25, 0.3) is 5.91 Å². The fourth-order valence-corrected chi connectivity index (χ4v) is 5.08. The molecule has 1 atom stereocenters. The number of fused-ring (bicyclic) bond motifs is 1. The van der Waals surface area contributed by atoms with Crippen LogP contribution in [0.5, 0.6) is 0 Å². The molecule has 0 bridgehead atoms. The van der Waals surface area contributed by atoms with E-state index >= 15 is 0 Å². The zero-order chi connectivity index (χ0) is 21.8. The summed E-state index contributed by atoms with van der Waals surface area (Å²) in [4.78, 5) is 40.9. The lowest BCUT2D eigenvalue weighted by Gasteiger charge is -2.29. The van der Waals surface area contributed by atoms with E-state index < -0.39 is 10.8 Å². The summed E-state index contributed by atoms with van der Waals surface area (Å²) in [6, 6.07) is 14.5. The van der Waals surface area contributed by atoms with E-state index in [1.165, 1.54) is 0 Å². The molecule has 0 aliphatic carbocycles. The maximum absolute atomic E-state index is 12.6. The van der Waals surface area contributed by atoms with Gasteiger partial charge in [-0.05, 0) is 36.6 Å². The topological polar surface area (TPSA) is 86.8 Å². The fraction of sp³-hybridized carbons (Fsp3) is 0.348. The number of nitrogens with one attached hydrogen (secondary N) is 1. The van der Waals surface area contributed by atoms with E-state index in [0.29, 0.717) is 48.6 Å². The van der Waals surface area contributed by atoms with Gasteiger partial charge in [-0.2, -0.15) is 0 Å². The smallest absolute Gasteiger partial charge is 0.251 e. The van der Waals surface area contributed by atoms with Crippen LogP contribution < -0.4 is 10.2 Å². The summed E-state index contributed by atoms with van der Waals surface area (Å²) in [7, 11) is -1.42. The van der Waals surface area contributed by atoms with E-state index in [1.54, 1.807) is 23.1 Å². The Labute approximate surface area is 183 Å². The molecule has 0 aromatic heterocycles. The van der Waals surface area contributed by atoms with Crippen molar-refractivity contribution in [1.82, 2.24) is 10.2 Å². The Kier molecular flexibility index (Phi) is 6.46. The largest absolute Gasteiger partial charge is 0.352 e. The van der Waals surface area contributed by atoms with Crippen LogP contribution in [0.2, 0.25) is 0 Å². The molecule has 2 aromatic rings. The van der Waals surface area contributed by atoms with E-state index in [4.69, 9.17) is 0 Å². The van der Waals surface area contributed by atoms with Crippen molar-refractivity contribution in [2.24, 2.45) is 0 Å². The molecule has 2 aliphatic heterocycles. The van der Waals surface area contributed by atoms with Crippen molar-refractivity contribution in [1.29, 1.82) is 0 Å². The molecular weight excluding hydrogens is 414 g/mol. The number of benzene rings is 2. The minimum Gasteiger partial charge on any atom is -0.352 e. The van der Waals surface area contributed by atoms with Gasteiger partial charge in [0, 0.05) is 31.6 Å². The van der Waals surface area contributed by atoms with Crippen LogP contribution in [0.4, 0.5) is 5.69 Å². The molecule has 1 fully saturated rings. The number of amides is 3. The number of likely N-dealkylation sites (tertiary alicyclic amines) is 1. The molecule has 0 radical (unpaired) electrons. The van der Waals surface area contributed by atoms with E-state index in [2.05, 4.69) is 5.32 Å². The first-order valence-corrected chi connectivity index (χ1v) is 11.8. The van der Waals surface area contributed by atoms with Crippen molar-refractivity contribution in [2.45, 2.75) is 30.7 Å². The molecule has 0 spiro atoms. The zero-order valence-electron chi connectivity index (χ0n) is 17.2. The molecule has 162 valence electrons. The molecule has 3 amide bonds. The lowest BCUT2D eigenvalue weighted by atomic mass is 10.1. The molecule has 2 aliphatic rings. The molecule has 1 saturated heterocycles. The van der Waals surface area contributed by atoms with Crippen molar-refractivity contribution >= 4 is 34.2 Å². The summed E-state index contributed by atoms with van der Waals surface area (Å²) in [5.41, 5.74) is 1.90. The predicted molar refractivity (Wildman–Crippen MR) is 118 cm³/mol. The molecule has 7 nitrogen and oxygen atoms in total. The maximum Gasteiger partial charge on any atom is 0.251 e. The van der Waals surface area contributed by atoms with E-state index in [1.807, 2.05) is 35.2 Å². The normalized spacial score (nSPS) is 18.3. The van der Waals surface area contributed by atoms with Crippen molar-refractivity contribution in [3.63, 3.8) is 0 Å². The molecule has 4 rings (SSSR count). The Morgan fingerprint density at radius 2 is 1.87 bits per heavy atom. The average molecular weight is 440 g/mol. The molecular formula is C23H25N3O4S. The number of hydrogen-bond donors (Lipinski definition) is 1.